The number of non-ortho nitro benzene ring substituents is 1. The third-order valence-electron chi connectivity index (χ3n) is 3.47. The number of nitro groups is 1. The molecule has 1 aromatic carbocycles. The summed E-state index contributed by atoms with van der Waals surface area (Å²) in [6, 6.07) is 8.49. The predicted octanol–water partition coefficient (Wildman–Crippen LogP) is 3.23. The van der Waals surface area contributed by atoms with E-state index in [1.807, 2.05) is 37.3 Å². The number of fused-ring (bicyclic) bond motifs is 1. The lowest BCUT2D eigenvalue weighted by Gasteiger charge is -2.03. The van der Waals surface area contributed by atoms with Crippen molar-refractivity contribution in [2.45, 2.75) is 20.8 Å². The van der Waals surface area contributed by atoms with Crippen LogP contribution < -0.4 is 0 Å². The zero-order valence-electron chi connectivity index (χ0n) is 12.0. The monoisotopic (exact) mass is 282 g/mol. The van der Waals surface area contributed by atoms with Crippen LogP contribution in [0.2, 0.25) is 0 Å². The van der Waals surface area contributed by atoms with E-state index in [0.717, 1.165) is 28.3 Å². The molecule has 0 spiro atoms. The van der Waals surface area contributed by atoms with Gasteiger partial charge in [-0.05, 0) is 26.8 Å². The summed E-state index contributed by atoms with van der Waals surface area (Å²) in [5.74, 6) is 0.617. The number of hydrogen-bond donors (Lipinski definition) is 0. The second kappa shape index (κ2) is 4.66. The van der Waals surface area contributed by atoms with Gasteiger partial charge in [0.1, 0.15) is 0 Å². The van der Waals surface area contributed by atoms with Crippen LogP contribution in [0.4, 0.5) is 5.69 Å². The molecule has 2 aromatic heterocycles. The lowest BCUT2D eigenvalue weighted by atomic mass is 10.1. The Kier molecular flexibility index (Phi) is 2.94. The molecule has 0 atom stereocenters. The standard InChI is InChI=1S/C15H14N4O2/c1-9-7-10(2)18-11(3)14(17-15(18)16-9)12-5-4-6-13(8-12)19(20)21/h4-8H,1-3H3. The maximum absolute atomic E-state index is 10.9. The van der Waals surface area contributed by atoms with Crippen LogP contribution in [0.3, 0.4) is 0 Å². The molecule has 0 saturated heterocycles. The first-order valence-corrected chi connectivity index (χ1v) is 6.55. The number of aromatic nitrogens is 3. The van der Waals surface area contributed by atoms with Crippen molar-refractivity contribution in [2.24, 2.45) is 0 Å². The first kappa shape index (κ1) is 13.2. The molecule has 6 heteroatoms. The van der Waals surface area contributed by atoms with Crippen LogP contribution in [0.15, 0.2) is 30.3 Å². The minimum Gasteiger partial charge on any atom is -0.285 e. The minimum absolute atomic E-state index is 0.0600. The average Bonchev–Trinajstić information content (AvgIpc) is 2.76. The van der Waals surface area contributed by atoms with Gasteiger partial charge in [0.05, 0.1) is 10.6 Å². The van der Waals surface area contributed by atoms with Crippen molar-refractivity contribution in [3.8, 4) is 11.3 Å². The van der Waals surface area contributed by atoms with Crippen molar-refractivity contribution in [3.05, 3.63) is 57.5 Å². The van der Waals surface area contributed by atoms with Crippen molar-refractivity contribution >= 4 is 11.5 Å². The molecule has 0 fully saturated rings. The molecule has 3 aromatic rings. The number of aryl methyl sites for hydroxylation is 3. The smallest absolute Gasteiger partial charge is 0.270 e. The predicted molar refractivity (Wildman–Crippen MR) is 79.3 cm³/mol. The van der Waals surface area contributed by atoms with Gasteiger partial charge in [0, 0.05) is 34.8 Å². The van der Waals surface area contributed by atoms with Gasteiger partial charge < -0.3 is 0 Å². The molecule has 0 unspecified atom stereocenters. The molecule has 0 saturated carbocycles. The number of imidazole rings is 1. The maximum atomic E-state index is 10.9. The van der Waals surface area contributed by atoms with E-state index in [4.69, 9.17) is 0 Å². The fraction of sp³-hybridized carbons (Fsp3) is 0.200. The van der Waals surface area contributed by atoms with Crippen LogP contribution in [0.25, 0.3) is 17.0 Å². The Morgan fingerprint density at radius 3 is 2.62 bits per heavy atom. The molecule has 2 heterocycles. The molecule has 6 nitrogen and oxygen atoms in total. The quantitative estimate of drug-likeness (QED) is 0.534. The highest BCUT2D eigenvalue weighted by Gasteiger charge is 2.15. The van der Waals surface area contributed by atoms with Crippen molar-refractivity contribution in [1.29, 1.82) is 0 Å². The summed E-state index contributed by atoms with van der Waals surface area (Å²) < 4.78 is 1.96. The van der Waals surface area contributed by atoms with Crippen molar-refractivity contribution < 1.29 is 4.92 Å². The van der Waals surface area contributed by atoms with Gasteiger partial charge in [-0.2, -0.15) is 0 Å². The number of rotatable bonds is 2. The van der Waals surface area contributed by atoms with E-state index >= 15 is 0 Å². The van der Waals surface area contributed by atoms with Crippen molar-refractivity contribution in [1.82, 2.24) is 14.4 Å². The SMILES string of the molecule is Cc1cc(C)n2c(C)c(-c3cccc([N+](=O)[O-])c3)nc2n1. The van der Waals surface area contributed by atoms with Crippen LogP contribution in [-0.2, 0) is 0 Å². The van der Waals surface area contributed by atoms with E-state index in [1.54, 1.807) is 6.07 Å². The van der Waals surface area contributed by atoms with Gasteiger partial charge in [-0.3, -0.25) is 14.5 Å². The van der Waals surface area contributed by atoms with Crippen molar-refractivity contribution in [2.75, 3.05) is 0 Å². The third-order valence-corrected chi connectivity index (χ3v) is 3.47. The highest BCUT2D eigenvalue weighted by molar-refractivity contribution is 5.67. The summed E-state index contributed by atoms with van der Waals surface area (Å²) in [6.45, 7) is 5.86. The zero-order valence-corrected chi connectivity index (χ0v) is 12.0. The van der Waals surface area contributed by atoms with E-state index in [0.29, 0.717) is 5.78 Å². The molecule has 0 radical (unpaired) electrons. The van der Waals surface area contributed by atoms with Gasteiger partial charge in [0.25, 0.3) is 5.69 Å². The molecule has 0 bridgehead atoms. The molecular weight excluding hydrogens is 268 g/mol. The van der Waals surface area contributed by atoms with Crippen LogP contribution >= 0.6 is 0 Å². The zero-order chi connectivity index (χ0) is 15.1. The molecule has 106 valence electrons. The summed E-state index contributed by atoms with van der Waals surface area (Å²) in [4.78, 5) is 19.5. The van der Waals surface area contributed by atoms with Gasteiger partial charge in [0.2, 0.25) is 5.78 Å². The lowest BCUT2D eigenvalue weighted by Crippen LogP contribution is -1.97. The Labute approximate surface area is 121 Å². The maximum Gasteiger partial charge on any atom is 0.270 e. The molecule has 0 N–H and O–H groups in total. The molecule has 0 aliphatic rings. The number of hydrogen-bond acceptors (Lipinski definition) is 4. The number of nitro benzene ring substituents is 1. The molecule has 0 amide bonds. The fourth-order valence-corrected chi connectivity index (χ4v) is 2.58. The first-order valence-electron chi connectivity index (χ1n) is 6.55. The normalized spacial score (nSPS) is 11.0. The van der Waals surface area contributed by atoms with Crippen LogP contribution in [0.5, 0.6) is 0 Å². The molecular formula is C15H14N4O2. The third kappa shape index (κ3) is 2.14. The summed E-state index contributed by atoms with van der Waals surface area (Å²) >= 11 is 0. The van der Waals surface area contributed by atoms with Gasteiger partial charge in [-0.25, -0.2) is 9.97 Å². The van der Waals surface area contributed by atoms with Crippen LogP contribution in [0, 0.1) is 30.9 Å². The second-order valence-corrected chi connectivity index (χ2v) is 5.03. The Morgan fingerprint density at radius 1 is 1.14 bits per heavy atom. The topological polar surface area (TPSA) is 73.3 Å². The molecule has 3 rings (SSSR count). The first-order chi connectivity index (χ1) is 9.97. The second-order valence-electron chi connectivity index (χ2n) is 5.03. The Balaban J connectivity index is 2.26. The Bertz CT molecular complexity index is 867. The average molecular weight is 282 g/mol. The highest BCUT2D eigenvalue weighted by Crippen LogP contribution is 2.27. The number of benzene rings is 1. The Hall–Kier alpha value is -2.76. The van der Waals surface area contributed by atoms with E-state index < -0.39 is 4.92 Å². The highest BCUT2D eigenvalue weighted by atomic mass is 16.6. The van der Waals surface area contributed by atoms with Gasteiger partial charge >= 0.3 is 0 Å². The van der Waals surface area contributed by atoms with Crippen LogP contribution in [-0.4, -0.2) is 19.3 Å². The summed E-state index contributed by atoms with van der Waals surface area (Å²) in [5, 5.41) is 10.9. The van der Waals surface area contributed by atoms with Crippen LogP contribution in [0.1, 0.15) is 17.1 Å². The number of nitrogens with zero attached hydrogens (tertiary/aromatic N) is 4. The van der Waals surface area contributed by atoms with E-state index in [1.165, 1.54) is 12.1 Å². The molecule has 0 aliphatic heterocycles. The van der Waals surface area contributed by atoms with Gasteiger partial charge in [-0.15, -0.1) is 0 Å². The fourth-order valence-electron chi connectivity index (χ4n) is 2.58. The van der Waals surface area contributed by atoms with E-state index in [9.17, 15) is 10.1 Å². The summed E-state index contributed by atoms with van der Waals surface area (Å²) in [6.07, 6.45) is 0. The molecule has 0 aliphatic carbocycles. The molecule has 21 heavy (non-hydrogen) atoms. The van der Waals surface area contributed by atoms with Gasteiger partial charge in [0.15, 0.2) is 0 Å². The van der Waals surface area contributed by atoms with Crippen molar-refractivity contribution in [3.63, 3.8) is 0 Å². The summed E-state index contributed by atoms with van der Waals surface area (Å²) in [7, 11) is 0. The van der Waals surface area contributed by atoms with Gasteiger partial charge in [-0.1, -0.05) is 12.1 Å². The van der Waals surface area contributed by atoms with E-state index in [-0.39, 0.29) is 5.69 Å². The lowest BCUT2D eigenvalue weighted by molar-refractivity contribution is -0.384. The minimum atomic E-state index is -0.401. The van der Waals surface area contributed by atoms with E-state index in [2.05, 4.69) is 9.97 Å². The largest absolute Gasteiger partial charge is 0.285 e. The summed E-state index contributed by atoms with van der Waals surface area (Å²) in [5.41, 5.74) is 4.37. The Morgan fingerprint density at radius 2 is 1.90 bits per heavy atom.